The smallest absolute Gasteiger partial charge is 0.326 e. The molecule has 0 amide bonds. The Labute approximate surface area is 138 Å². The first kappa shape index (κ1) is 16.1. The van der Waals surface area contributed by atoms with Gasteiger partial charge in [-0.3, -0.25) is 9.29 Å². The molecule has 0 spiro atoms. The van der Waals surface area contributed by atoms with Crippen LogP contribution in [0.15, 0.2) is 52.2 Å². The fourth-order valence-electron chi connectivity index (χ4n) is 2.40. The highest BCUT2D eigenvalue weighted by molar-refractivity contribution is 7.92. The van der Waals surface area contributed by atoms with Gasteiger partial charge in [0.1, 0.15) is 5.75 Å². The van der Waals surface area contributed by atoms with Gasteiger partial charge in [0, 0.05) is 7.05 Å². The van der Waals surface area contributed by atoms with Crippen LogP contribution in [0.2, 0.25) is 0 Å². The van der Waals surface area contributed by atoms with E-state index in [9.17, 15) is 13.2 Å². The number of fused-ring (bicyclic) bond motifs is 1. The number of H-pyrrole nitrogens is 1. The third kappa shape index (κ3) is 3.00. The van der Waals surface area contributed by atoms with Crippen molar-refractivity contribution in [2.75, 3.05) is 11.3 Å². The molecule has 0 unspecified atom stereocenters. The van der Waals surface area contributed by atoms with E-state index in [1.807, 2.05) is 6.92 Å². The largest absolute Gasteiger partial charge is 0.494 e. The maximum atomic E-state index is 12.4. The molecule has 0 saturated carbocycles. The lowest BCUT2D eigenvalue weighted by Crippen LogP contribution is -2.12. The van der Waals surface area contributed by atoms with Gasteiger partial charge in [-0.2, -0.15) is 0 Å². The standard InChI is InChI=1S/C16H17N3O4S/c1-3-23-12-5-7-13(8-6-12)24(21,22)18-11-4-9-15-14(10-11)17-16(20)19(15)2/h4-10,18H,3H2,1-2H3,(H,17,20). The minimum atomic E-state index is -3.72. The van der Waals surface area contributed by atoms with E-state index in [1.165, 1.54) is 16.7 Å². The molecule has 3 rings (SSSR count). The summed E-state index contributed by atoms with van der Waals surface area (Å²) in [5, 5.41) is 0. The molecule has 1 aromatic heterocycles. The molecular weight excluding hydrogens is 330 g/mol. The quantitative estimate of drug-likeness (QED) is 0.739. The van der Waals surface area contributed by atoms with Crippen LogP contribution in [0, 0.1) is 0 Å². The van der Waals surface area contributed by atoms with Crippen molar-refractivity contribution in [2.24, 2.45) is 7.05 Å². The summed E-state index contributed by atoms with van der Waals surface area (Å²) in [7, 11) is -2.08. The number of aryl methyl sites for hydroxylation is 1. The highest BCUT2D eigenvalue weighted by Gasteiger charge is 2.15. The van der Waals surface area contributed by atoms with Crippen LogP contribution in [0.1, 0.15) is 6.92 Å². The van der Waals surface area contributed by atoms with Crippen molar-refractivity contribution in [3.05, 3.63) is 52.9 Å². The van der Waals surface area contributed by atoms with Crippen LogP contribution in [-0.4, -0.2) is 24.6 Å². The monoisotopic (exact) mass is 347 g/mol. The van der Waals surface area contributed by atoms with Gasteiger partial charge < -0.3 is 9.72 Å². The van der Waals surface area contributed by atoms with Crippen LogP contribution in [0.25, 0.3) is 11.0 Å². The average molecular weight is 347 g/mol. The van der Waals surface area contributed by atoms with Crippen molar-refractivity contribution < 1.29 is 13.2 Å². The molecule has 0 aliphatic heterocycles. The van der Waals surface area contributed by atoms with E-state index in [4.69, 9.17) is 4.74 Å². The lowest BCUT2D eigenvalue weighted by Gasteiger charge is -2.09. The number of aromatic amines is 1. The Hall–Kier alpha value is -2.74. The fraction of sp³-hybridized carbons (Fsp3) is 0.188. The molecule has 0 bridgehead atoms. The molecule has 1 heterocycles. The Balaban J connectivity index is 1.89. The van der Waals surface area contributed by atoms with Crippen LogP contribution < -0.4 is 15.1 Å². The fourth-order valence-corrected chi connectivity index (χ4v) is 3.45. The number of sulfonamides is 1. The van der Waals surface area contributed by atoms with Gasteiger partial charge in [-0.25, -0.2) is 13.2 Å². The SMILES string of the molecule is CCOc1ccc(S(=O)(=O)Nc2ccc3c(c2)[nH]c(=O)n3C)cc1. The highest BCUT2D eigenvalue weighted by Crippen LogP contribution is 2.21. The molecule has 0 aliphatic rings. The predicted molar refractivity (Wildman–Crippen MR) is 92.0 cm³/mol. The van der Waals surface area contributed by atoms with Gasteiger partial charge in [0.05, 0.1) is 28.2 Å². The normalized spacial score (nSPS) is 11.6. The molecule has 2 N–H and O–H groups in total. The molecule has 0 aliphatic carbocycles. The number of aromatic nitrogens is 2. The third-order valence-corrected chi connectivity index (χ3v) is 5.00. The summed E-state index contributed by atoms with van der Waals surface area (Å²) in [5.41, 5.74) is 1.38. The Kier molecular flexibility index (Phi) is 4.06. The summed E-state index contributed by atoms with van der Waals surface area (Å²) in [5.74, 6) is 0.611. The molecule has 126 valence electrons. The number of nitrogens with zero attached hydrogens (tertiary/aromatic N) is 1. The van der Waals surface area contributed by atoms with E-state index in [-0.39, 0.29) is 10.6 Å². The number of benzene rings is 2. The van der Waals surface area contributed by atoms with E-state index in [0.717, 1.165) is 0 Å². The van der Waals surface area contributed by atoms with Gasteiger partial charge in [0.25, 0.3) is 10.0 Å². The summed E-state index contributed by atoms with van der Waals surface area (Å²) in [4.78, 5) is 14.4. The average Bonchev–Trinajstić information content (AvgIpc) is 2.82. The predicted octanol–water partition coefficient (Wildman–Crippen LogP) is 2.07. The molecule has 0 atom stereocenters. The second kappa shape index (κ2) is 6.04. The number of nitrogens with one attached hydrogen (secondary N) is 2. The van der Waals surface area contributed by atoms with Gasteiger partial charge in [-0.1, -0.05) is 0 Å². The van der Waals surface area contributed by atoms with Crippen molar-refractivity contribution in [1.82, 2.24) is 9.55 Å². The number of ether oxygens (including phenoxy) is 1. The van der Waals surface area contributed by atoms with Crippen LogP contribution >= 0.6 is 0 Å². The first-order chi connectivity index (χ1) is 11.4. The molecule has 7 nitrogen and oxygen atoms in total. The van der Waals surface area contributed by atoms with Gasteiger partial charge >= 0.3 is 5.69 Å². The number of imidazole rings is 1. The maximum absolute atomic E-state index is 12.4. The molecule has 3 aromatic rings. The van der Waals surface area contributed by atoms with E-state index in [1.54, 1.807) is 37.4 Å². The lowest BCUT2D eigenvalue weighted by molar-refractivity contribution is 0.340. The zero-order valence-electron chi connectivity index (χ0n) is 13.2. The van der Waals surface area contributed by atoms with Crippen molar-refractivity contribution in [1.29, 1.82) is 0 Å². The van der Waals surface area contributed by atoms with Crippen molar-refractivity contribution in [2.45, 2.75) is 11.8 Å². The summed E-state index contributed by atoms with van der Waals surface area (Å²) in [6.07, 6.45) is 0. The number of rotatable bonds is 5. The molecule has 8 heteroatoms. The minimum absolute atomic E-state index is 0.132. The van der Waals surface area contributed by atoms with Crippen molar-refractivity contribution in [3.63, 3.8) is 0 Å². The molecule has 0 fully saturated rings. The first-order valence-corrected chi connectivity index (χ1v) is 8.83. The maximum Gasteiger partial charge on any atom is 0.326 e. The van der Waals surface area contributed by atoms with E-state index < -0.39 is 10.0 Å². The number of hydrogen-bond donors (Lipinski definition) is 2. The van der Waals surface area contributed by atoms with Gasteiger partial charge in [0.2, 0.25) is 0 Å². The second-order valence-electron chi connectivity index (χ2n) is 5.23. The highest BCUT2D eigenvalue weighted by atomic mass is 32.2. The van der Waals surface area contributed by atoms with Gasteiger partial charge in [0.15, 0.2) is 0 Å². The van der Waals surface area contributed by atoms with Gasteiger partial charge in [-0.05, 0) is 49.4 Å². The Bertz CT molecular complexity index is 1030. The summed E-state index contributed by atoms with van der Waals surface area (Å²) < 4.78 is 34.2. The van der Waals surface area contributed by atoms with E-state index in [2.05, 4.69) is 9.71 Å². The molecule has 0 saturated heterocycles. The summed E-state index contributed by atoms with van der Waals surface area (Å²) in [6.45, 7) is 2.37. The topological polar surface area (TPSA) is 93.2 Å². The Morgan fingerprint density at radius 3 is 2.54 bits per heavy atom. The minimum Gasteiger partial charge on any atom is -0.494 e. The van der Waals surface area contributed by atoms with Crippen LogP contribution in [0.5, 0.6) is 5.75 Å². The molecule has 24 heavy (non-hydrogen) atoms. The van der Waals surface area contributed by atoms with Crippen LogP contribution in [-0.2, 0) is 17.1 Å². The van der Waals surface area contributed by atoms with Crippen molar-refractivity contribution >= 4 is 26.7 Å². The summed E-state index contributed by atoms with van der Waals surface area (Å²) in [6, 6.07) is 11.1. The summed E-state index contributed by atoms with van der Waals surface area (Å²) >= 11 is 0. The third-order valence-electron chi connectivity index (χ3n) is 3.60. The van der Waals surface area contributed by atoms with E-state index in [0.29, 0.717) is 29.1 Å². The Morgan fingerprint density at radius 1 is 1.17 bits per heavy atom. The van der Waals surface area contributed by atoms with Crippen LogP contribution in [0.4, 0.5) is 5.69 Å². The zero-order chi connectivity index (χ0) is 17.3. The lowest BCUT2D eigenvalue weighted by atomic mass is 10.3. The van der Waals surface area contributed by atoms with Gasteiger partial charge in [-0.15, -0.1) is 0 Å². The molecule has 0 radical (unpaired) electrons. The number of hydrogen-bond acceptors (Lipinski definition) is 4. The zero-order valence-corrected chi connectivity index (χ0v) is 14.1. The first-order valence-electron chi connectivity index (χ1n) is 7.35. The number of anilines is 1. The second-order valence-corrected chi connectivity index (χ2v) is 6.91. The molecular formula is C16H17N3O4S. The molecule has 2 aromatic carbocycles. The van der Waals surface area contributed by atoms with Crippen molar-refractivity contribution in [3.8, 4) is 5.75 Å². The Morgan fingerprint density at radius 2 is 1.88 bits per heavy atom. The van der Waals surface area contributed by atoms with E-state index >= 15 is 0 Å². The van der Waals surface area contributed by atoms with Crippen LogP contribution in [0.3, 0.4) is 0 Å².